The van der Waals surface area contributed by atoms with Crippen LogP contribution in [-0.4, -0.2) is 27.8 Å². The lowest BCUT2D eigenvalue weighted by molar-refractivity contribution is 0.171. The maximum absolute atomic E-state index is 13.0. The molecule has 0 radical (unpaired) electrons. The average molecular weight is 276 g/mol. The highest BCUT2D eigenvalue weighted by molar-refractivity contribution is 5.22. The quantitative estimate of drug-likeness (QED) is 0.935. The molecule has 3 rings (SSSR count). The van der Waals surface area contributed by atoms with Crippen LogP contribution < -0.4 is 0 Å². The predicted octanol–water partition coefficient (Wildman–Crippen LogP) is 2.43. The van der Waals surface area contributed by atoms with Crippen molar-refractivity contribution < 1.29 is 14.0 Å². The summed E-state index contributed by atoms with van der Waals surface area (Å²) in [5.74, 6) is 0.532. The summed E-state index contributed by atoms with van der Waals surface area (Å²) in [5.41, 5.74) is 1.87. The largest absolute Gasteiger partial charge is 0.392 e. The predicted molar refractivity (Wildman–Crippen MR) is 71.4 cm³/mol. The van der Waals surface area contributed by atoms with E-state index < -0.39 is 0 Å². The van der Waals surface area contributed by atoms with Crippen molar-refractivity contribution in [2.75, 3.05) is 6.54 Å². The summed E-state index contributed by atoms with van der Waals surface area (Å²) < 4.78 is 18.1. The highest BCUT2D eigenvalue weighted by atomic mass is 19.1. The number of hydrogen-bond acceptors (Lipinski definition) is 4. The molecule has 2 heterocycles. The number of likely N-dealkylation sites (tertiary alicyclic amines) is 1. The molecule has 1 saturated heterocycles. The SMILES string of the molecule is Cc1cc(CN2C[C@@H](O)C[C@H]2c2ccc(F)cc2)no1. The van der Waals surface area contributed by atoms with Gasteiger partial charge in [-0.05, 0) is 31.0 Å². The number of benzene rings is 1. The number of hydrogen-bond donors (Lipinski definition) is 1. The molecule has 0 amide bonds. The molecule has 1 aliphatic heterocycles. The van der Waals surface area contributed by atoms with Crippen molar-refractivity contribution in [3.05, 3.63) is 53.2 Å². The molecule has 2 aromatic rings. The minimum atomic E-state index is -0.363. The molecule has 1 aromatic carbocycles. The van der Waals surface area contributed by atoms with Crippen LogP contribution in [-0.2, 0) is 6.54 Å². The van der Waals surface area contributed by atoms with Crippen LogP contribution in [0.25, 0.3) is 0 Å². The Hall–Kier alpha value is -1.72. The fourth-order valence-corrected chi connectivity index (χ4v) is 2.79. The van der Waals surface area contributed by atoms with Crippen LogP contribution in [0.15, 0.2) is 34.9 Å². The molecule has 1 N–H and O–H groups in total. The van der Waals surface area contributed by atoms with E-state index in [-0.39, 0.29) is 18.0 Å². The Morgan fingerprint density at radius 3 is 2.80 bits per heavy atom. The van der Waals surface area contributed by atoms with Crippen molar-refractivity contribution in [1.29, 1.82) is 0 Å². The lowest BCUT2D eigenvalue weighted by atomic mass is 10.0. The van der Waals surface area contributed by atoms with Gasteiger partial charge in [0.2, 0.25) is 0 Å². The number of nitrogens with zero attached hydrogens (tertiary/aromatic N) is 2. The second kappa shape index (κ2) is 5.34. The van der Waals surface area contributed by atoms with Crippen LogP contribution >= 0.6 is 0 Å². The summed E-state index contributed by atoms with van der Waals surface area (Å²) in [4.78, 5) is 2.15. The van der Waals surface area contributed by atoms with Gasteiger partial charge in [0.25, 0.3) is 0 Å². The van der Waals surface area contributed by atoms with Gasteiger partial charge < -0.3 is 9.63 Å². The third kappa shape index (κ3) is 2.73. The molecule has 4 nitrogen and oxygen atoms in total. The highest BCUT2D eigenvalue weighted by Crippen LogP contribution is 2.33. The molecular formula is C15H17FN2O2. The average Bonchev–Trinajstić information content (AvgIpc) is 2.97. The van der Waals surface area contributed by atoms with Crippen LogP contribution in [0.4, 0.5) is 4.39 Å². The summed E-state index contributed by atoms with van der Waals surface area (Å²) in [5, 5.41) is 13.9. The number of aryl methyl sites for hydroxylation is 1. The molecule has 0 bridgehead atoms. The minimum absolute atomic E-state index is 0.0857. The Balaban J connectivity index is 1.79. The fraction of sp³-hybridized carbons (Fsp3) is 0.400. The van der Waals surface area contributed by atoms with Gasteiger partial charge in [-0.25, -0.2) is 4.39 Å². The molecule has 0 spiro atoms. The van der Waals surface area contributed by atoms with Gasteiger partial charge in [-0.2, -0.15) is 0 Å². The van der Waals surface area contributed by atoms with Crippen molar-refractivity contribution >= 4 is 0 Å². The molecule has 106 valence electrons. The third-order valence-corrected chi connectivity index (χ3v) is 3.68. The molecule has 5 heteroatoms. The monoisotopic (exact) mass is 276 g/mol. The van der Waals surface area contributed by atoms with E-state index in [0.29, 0.717) is 19.5 Å². The first-order valence-corrected chi connectivity index (χ1v) is 6.71. The van der Waals surface area contributed by atoms with Crippen molar-refractivity contribution in [3.8, 4) is 0 Å². The van der Waals surface area contributed by atoms with Gasteiger partial charge in [0.15, 0.2) is 0 Å². The van der Waals surface area contributed by atoms with E-state index in [9.17, 15) is 9.50 Å². The smallest absolute Gasteiger partial charge is 0.133 e. The van der Waals surface area contributed by atoms with Gasteiger partial charge in [-0.3, -0.25) is 4.90 Å². The molecule has 1 aliphatic rings. The molecular weight excluding hydrogens is 259 g/mol. The van der Waals surface area contributed by atoms with E-state index in [2.05, 4.69) is 10.1 Å². The minimum Gasteiger partial charge on any atom is -0.392 e. The van der Waals surface area contributed by atoms with Crippen molar-refractivity contribution in [1.82, 2.24) is 10.1 Å². The Bertz CT molecular complexity index is 582. The Labute approximate surface area is 116 Å². The number of rotatable bonds is 3. The summed E-state index contributed by atoms with van der Waals surface area (Å²) >= 11 is 0. The lowest BCUT2D eigenvalue weighted by Gasteiger charge is -2.23. The van der Waals surface area contributed by atoms with Crippen LogP contribution in [0.3, 0.4) is 0 Å². The second-order valence-corrected chi connectivity index (χ2v) is 5.32. The fourth-order valence-electron chi connectivity index (χ4n) is 2.79. The third-order valence-electron chi connectivity index (χ3n) is 3.68. The Kier molecular flexibility index (Phi) is 3.54. The topological polar surface area (TPSA) is 49.5 Å². The zero-order valence-electron chi connectivity index (χ0n) is 11.3. The van der Waals surface area contributed by atoms with Crippen LogP contribution in [0.1, 0.15) is 29.5 Å². The zero-order chi connectivity index (χ0) is 14.1. The van der Waals surface area contributed by atoms with Crippen LogP contribution in [0, 0.1) is 12.7 Å². The van der Waals surface area contributed by atoms with E-state index in [1.165, 1.54) is 12.1 Å². The van der Waals surface area contributed by atoms with Gasteiger partial charge in [-0.15, -0.1) is 0 Å². The molecule has 1 aromatic heterocycles. The van der Waals surface area contributed by atoms with E-state index in [1.54, 1.807) is 12.1 Å². The van der Waals surface area contributed by atoms with E-state index in [0.717, 1.165) is 17.0 Å². The standard InChI is InChI=1S/C15H17FN2O2/c1-10-6-13(17-20-10)8-18-9-14(19)7-15(18)11-2-4-12(16)5-3-11/h2-6,14-15,19H,7-9H2,1H3/t14-,15-/m0/s1. The number of aliphatic hydroxyl groups excluding tert-OH is 1. The van der Waals surface area contributed by atoms with Gasteiger partial charge >= 0.3 is 0 Å². The Morgan fingerprint density at radius 2 is 2.15 bits per heavy atom. The van der Waals surface area contributed by atoms with Crippen LogP contribution in [0.5, 0.6) is 0 Å². The first-order valence-electron chi connectivity index (χ1n) is 6.71. The summed E-state index contributed by atoms with van der Waals surface area (Å²) in [7, 11) is 0. The van der Waals surface area contributed by atoms with Crippen LogP contribution in [0.2, 0.25) is 0 Å². The normalized spacial score (nSPS) is 23.4. The summed E-state index contributed by atoms with van der Waals surface area (Å²) in [6.07, 6.45) is 0.292. The molecule has 2 atom stereocenters. The van der Waals surface area contributed by atoms with Gasteiger partial charge in [0, 0.05) is 25.2 Å². The van der Waals surface area contributed by atoms with E-state index in [1.807, 2.05) is 13.0 Å². The maximum Gasteiger partial charge on any atom is 0.133 e. The number of aliphatic hydroxyl groups is 1. The highest BCUT2D eigenvalue weighted by Gasteiger charge is 2.32. The van der Waals surface area contributed by atoms with Gasteiger partial charge in [0.1, 0.15) is 11.6 Å². The molecule has 0 saturated carbocycles. The number of halogens is 1. The number of aromatic nitrogens is 1. The van der Waals surface area contributed by atoms with E-state index >= 15 is 0 Å². The summed E-state index contributed by atoms with van der Waals surface area (Å²) in [6, 6.07) is 8.45. The van der Waals surface area contributed by atoms with Crippen molar-refractivity contribution in [2.24, 2.45) is 0 Å². The molecule has 0 unspecified atom stereocenters. The van der Waals surface area contributed by atoms with Crippen molar-refractivity contribution in [2.45, 2.75) is 32.0 Å². The van der Waals surface area contributed by atoms with Gasteiger partial charge in [-0.1, -0.05) is 17.3 Å². The van der Waals surface area contributed by atoms with Crippen molar-refractivity contribution in [3.63, 3.8) is 0 Å². The molecule has 20 heavy (non-hydrogen) atoms. The molecule has 1 fully saturated rings. The van der Waals surface area contributed by atoms with E-state index in [4.69, 9.17) is 4.52 Å². The zero-order valence-corrected chi connectivity index (χ0v) is 11.3. The second-order valence-electron chi connectivity index (χ2n) is 5.32. The van der Waals surface area contributed by atoms with Gasteiger partial charge in [0.05, 0.1) is 11.8 Å². The first kappa shape index (κ1) is 13.3. The number of β-amino-alcohol motifs (C(OH)–C–C–N with tert-alkyl or cyclic N) is 1. The maximum atomic E-state index is 13.0. The Morgan fingerprint density at radius 1 is 1.40 bits per heavy atom. The summed E-state index contributed by atoms with van der Waals surface area (Å²) in [6.45, 7) is 3.07. The lowest BCUT2D eigenvalue weighted by Crippen LogP contribution is -2.24. The first-order chi connectivity index (χ1) is 9.61. The molecule has 0 aliphatic carbocycles.